The molecule has 2 rings (SSSR count). The van der Waals surface area contributed by atoms with E-state index >= 15 is 0 Å². The summed E-state index contributed by atoms with van der Waals surface area (Å²) in [5, 5.41) is 18.9. The minimum Gasteiger partial charge on any atom is -0.394 e. The Bertz CT molecular complexity index is 339. The molecular weight excluding hydrogens is 216 g/mol. The molecule has 94 valence electrons. The van der Waals surface area contributed by atoms with E-state index in [4.69, 9.17) is 9.84 Å². The first kappa shape index (κ1) is 12.6. The quantitative estimate of drug-likeness (QED) is 0.830. The second-order valence-electron chi connectivity index (χ2n) is 4.77. The fourth-order valence-corrected chi connectivity index (χ4v) is 2.42. The number of ether oxygens (including phenoxy) is 1. The predicted octanol–water partition coefficient (Wildman–Crippen LogP) is 1.38. The molecule has 1 aliphatic rings. The molecule has 3 heteroatoms. The van der Waals surface area contributed by atoms with Crippen LogP contribution < -0.4 is 0 Å². The van der Waals surface area contributed by atoms with E-state index in [-0.39, 0.29) is 18.6 Å². The Morgan fingerprint density at radius 2 is 1.88 bits per heavy atom. The summed E-state index contributed by atoms with van der Waals surface area (Å²) in [6.07, 6.45) is 0.924. The molecule has 0 bridgehead atoms. The Hall–Kier alpha value is -0.900. The molecule has 1 aromatic carbocycles. The third kappa shape index (κ3) is 2.86. The summed E-state index contributed by atoms with van der Waals surface area (Å²) < 4.78 is 5.66. The lowest BCUT2D eigenvalue weighted by Crippen LogP contribution is -2.28. The highest BCUT2D eigenvalue weighted by Crippen LogP contribution is 2.29. The van der Waals surface area contributed by atoms with Gasteiger partial charge in [0.05, 0.1) is 18.8 Å². The lowest BCUT2D eigenvalue weighted by atomic mass is 9.94. The molecule has 1 saturated heterocycles. The monoisotopic (exact) mass is 236 g/mol. The Kier molecular flexibility index (Phi) is 4.15. The molecule has 4 atom stereocenters. The van der Waals surface area contributed by atoms with Gasteiger partial charge in [-0.25, -0.2) is 0 Å². The van der Waals surface area contributed by atoms with Crippen molar-refractivity contribution in [2.24, 2.45) is 5.92 Å². The van der Waals surface area contributed by atoms with Gasteiger partial charge in [-0.15, -0.1) is 0 Å². The van der Waals surface area contributed by atoms with Crippen molar-refractivity contribution >= 4 is 0 Å². The molecule has 2 N–H and O–H groups in total. The van der Waals surface area contributed by atoms with Crippen LogP contribution in [-0.2, 0) is 11.2 Å². The highest BCUT2D eigenvalue weighted by atomic mass is 16.5. The lowest BCUT2D eigenvalue weighted by molar-refractivity contribution is -0.0235. The van der Waals surface area contributed by atoms with Crippen LogP contribution in [0.5, 0.6) is 0 Å². The van der Waals surface area contributed by atoms with E-state index in [1.165, 1.54) is 5.56 Å². The van der Waals surface area contributed by atoms with Gasteiger partial charge in [-0.3, -0.25) is 0 Å². The molecule has 0 aromatic heterocycles. The van der Waals surface area contributed by atoms with E-state index in [1.54, 1.807) is 0 Å². The molecule has 1 heterocycles. The molecule has 0 amide bonds. The highest BCUT2D eigenvalue weighted by molar-refractivity contribution is 5.14. The molecule has 3 nitrogen and oxygen atoms in total. The molecule has 0 unspecified atom stereocenters. The van der Waals surface area contributed by atoms with Crippen LogP contribution in [0.2, 0.25) is 0 Å². The van der Waals surface area contributed by atoms with Crippen LogP contribution in [0.25, 0.3) is 0 Å². The van der Waals surface area contributed by atoms with Crippen LogP contribution in [-0.4, -0.2) is 35.1 Å². The van der Waals surface area contributed by atoms with Gasteiger partial charge in [0.15, 0.2) is 0 Å². The molecule has 0 spiro atoms. The van der Waals surface area contributed by atoms with E-state index < -0.39 is 12.2 Å². The Labute approximate surface area is 102 Å². The third-order valence-corrected chi connectivity index (χ3v) is 3.60. The summed E-state index contributed by atoms with van der Waals surface area (Å²) in [5.41, 5.74) is 1.28. The Morgan fingerprint density at radius 1 is 1.18 bits per heavy atom. The number of rotatable bonds is 4. The maximum Gasteiger partial charge on any atom is 0.107 e. The normalized spacial score (nSPS) is 32.9. The summed E-state index contributed by atoms with van der Waals surface area (Å²) in [6.45, 7) is 1.88. The van der Waals surface area contributed by atoms with Crippen molar-refractivity contribution in [2.75, 3.05) is 6.61 Å². The van der Waals surface area contributed by atoms with Gasteiger partial charge in [-0.1, -0.05) is 37.3 Å². The van der Waals surface area contributed by atoms with Crippen molar-refractivity contribution in [1.82, 2.24) is 0 Å². The molecule has 0 saturated carbocycles. The van der Waals surface area contributed by atoms with Gasteiger partial charge in [0.2, 0.25) is 0 Å². The number of aryl methyl sites for hydroxylation is 1. The number of aliphatic hydroxyl groups is 2. The summed E-state index contributed by atoms with van der Waals surface area (Å²) in [4.78, 5) is 0. The number of aliphatic hydroxyl groups excluding tert-OH is 2. The zero-order valence-electron chi connectivity index (χ0n) is 10.1. The maximum atomic E-state index is 9.84. The molecule has 0 aliphatic carbocycles. The molecule has 1 aromatic rings. The fourth-order valence-electron chi connectivity index (χ4n) is 2.42. The SMILES string of the molecule is C[C@@H]1[C@@H](O)[C@H](CO)O[C@@H]1CCc1ccccc1. The van der Waals surface area contributed by atoms with Crippen LogP contribution in [0.1, 0.15) is 18.9 Å². The van der Waals surface area contributed by atoms with Crippen molar-refractivity contribution in [3.63, 3.8) is 0 Å². The first-order valence-electron chi connectivity index (χ1n) is 6.20. The standard InChI is InChI=1S/C14H20O3/c1-10-12(17-13(9-15)14(10)16)8-7-11-5-3-2-4-6-11/h2-6,10,12-16H,7-9H2,1H3/t10-,12+,13-,14+/m0/s1. The van der Waals surface area contributed by atoms with Gasteiger partial charge >= 0.3 is 0 Å². The largest absolute Gasteiger partial charge is 0.394 e. The zero-order valence-corrected chi connectivity index (χ0v) is 10.1. The second-order valence-corrected chi connectivity index (χ2v) is 4.77. The second kappa shape index (κ2) is 5.63. The van der Waals surface area contributed by atoms with Crippen molar-refractivity contribution < 1.29 is 14.9 Å². The van der Waals surface area contributed by atoms with Crippen LogP contribution >= 0.6 is 0 Å². The molecule has 1 aliphatic heterocycles. The molecule has 17 heavy (non-hydrogen) atoms. The van der Waals surface area contributed by atoms with Gasteiger partial charge in [-0.05, 0) is 18.4 Å². The van der Waals surface area contributed by atoms with Crippen LogP contribution in [0.3, 0.4) is 0 Å². The van der Waals surface area contributed by atoms with Gasteiger partial charge in [0.25, 0.3) is 0 Å². The van der Waals surface area contributed by atoms with Gasteiger partial charge < -0.3 is 14.9 Å². The van der Waals surface area contributed by atoms with E-state index in [0.717, 1.165) is 12.8 Å². The average molecular weight is 236 g/mol. The molecule has 0 radical (unpaired) electrons. The van der Waals surface area contributed by atoms with Crippen molar-refractivity contribution in [1.29, 1.82) is 0 Å². The first-order chi connectivity index (χ1) is 8.22. The molecular formula is C14H20O3. The number of benzene rings is 1. The Balaban J connectivity index is 1.88. The van der Waals surface area contributed by atoms with E-state index in [0.29, 0.717) is 0 Å². The van der Waals surface area contributed by atoms with Crippen LogP contribution in [0, 0.1) is 5.92 Å². The van der Waals surface area contributed by atoms with Crippen molar-refractivity contribution in [2.45, 2.75) is 38.1 Å². The average Bonchev–Trinajstić information content (AvgIpc) is 2.65. The zero-order chi connectivity index (χ0) is 12.3. The van der Waals surface area contributed by atoms with Gasteiger partial charge in [0.1, 0.15) is 6.10 Å². The van der Waals surface area contributed by atoms with Crippen LogP contribution in [0.15, 0.2) is 30.3 Å². The maximum absolute atomic E-state index is 9.84. The van der Waals surface area contributed by atoms with E-state index in [1.807, 2.05) is 25.1 Å². The van der Waals surface area contributed by atoms with Gasteiger partial charge in [0, 0.05) is 5.92 Å². The minimum absolute atomic E-state index is 0.0438. The minimum atomic E-state index is -0.541. The number of hydrogen-bond donors (Lipinski definition) is 2. The first-order valence-corrected chi connectivity index (χ1v) is 6.20. The summed E-state index contributed by atoms with van der Waals surface area (Å²) in [7, 11) is 0. The van der Waals surface area contributed by atoms with E-state index in [2.05, 4.69) is 12.1 Å². The third-order valence-electron chi connectivity index (χ3n) is 3.60. The number of hydrogen-bond acceptors (Lipinski definition) is 3. The molecule has 1 fully saturated rings. The van der Waals surface area contributed by atoms with Crippen molar-refractivity contribution in [3.8, 4) is 0 Å². The summed E-state index contributed by atoms with van der Waals surface area (Å²) >= 11 is 0. The predicted molar refractivity (Wildman–Crippen MR) is 65.7 cm³/mol. The topological polar surface area (TPSA) is 49.7 Å². The highest BCUT2D eigenvalue weighted by Gasteiger charge is 2.39. The van der Waals surface area contributed by atoms with Gasteiger partial charge in [-0.2, -0.15) is 0 Å². The van der Waals surface area contributed by atoms with Crippen molar-refractivity contribution in [3.05, 3.63) is 35.9 Å². The lowest BCUT2D eigenvalue weighted by Gasteiger charge is -2.15. The summed E-state index contributed by atoms with van der Waals surface area (Å²) in [5.74, 6) is 0.0934. The van der Waals surface area contributed by atoms with E-state index in [9.17, 15) is 5.11 Å². The van der Waals surface area contributed by atoms with Crippen LogP contribution in [0.4, 0.5) is 0 Å². The smallest absolute Gasteiger partial charge is 0.107 e. The summed E-state index contributed by atoms with van der Waals surface area (Å²) in [6, 6.07) is 10.3. The fraction of sp³-hybridized carbons (Fsp3) is 0.571. The Morgan fingerprint density at radius 3 is 2.47 bits per heavy atom.